The van der Waals surface area contributed by atoms with Crippen LogP contribution < -0.4 is 10.6 Å². The number of nitrogens with one attached hydrogen (secondary N) is 2. The van der Waals surface area contributed by atoms with Crippen molar-refractivity contribution in [1.82, 2.24) is 5.32 Å². The highest BCUT2D eigenvalue weighted by Crippen LogP contribution is 2.20. The molecular formula is C12H15FN2O3S. The Morgan fingerprint density at radius 1 is 1.42 bits per heavy atom. The number of hydrogen-bond donors (Lipinski definition) is 2. The second-order valence-electron chi connectivity index (χ2n) is 4.49. The first-order chi connectivity index (χ1) is 8.93. The lowest BCUT2D eigenvalue weighted by molar-refractivity contribution is 0.0941. The van der Waals surface area contributed by atoms with Crippen LogP contribution >= 0.6 is 0 Å². The maximum absolute atomic E-state index is 13.5. The Morgan fingerprint density at radius 3 is 2.74 bits per heavy atom. The van der Waals surface area contributed by atoms with E-state index in [-0.39, 0.29) is 22.8 Å². The predicted molar refractivity (Wildman–Crippen MR) is 70.5 cm³/mol. The van der Waals surface area contributed by atoms with E-state index in [2.05, 4.69) is 10.6 Å². The van der Waals surface area contributed by atoms with Crippen LogP contribution in [-0.2, 0) is 9.84 Å². The minimum atomic E-state index is -3.05. The zero-order valence-corrected chi connectivity index (χ0v) is 11.3. The van der Waals surface area contributed by atoms with Crippen molar-refractivity contribution in [3.05, 3.63) is 29.6 Å². The number of amides is 1. The Balaban J connectivity index is 2.15. The van der Waals surface area contributed by atoms with Crippen molar-refractivity contribution in [2.75, 3.05) is 23.9 Å². The Bertz CT molecular complexity index is 601. The van der Waals surface area contributed by atoms with Gasteiger partial charge in [-0.25, -0.2) is 12.8 Å². The number of rotatable bonds is 3. The van der Waals surface area contributed by atoms with Crippen LogP contribution in [0.25, 0.3) is 0 Å². The molecule has 2 rings (SSSR count). The van der Waals surface area contributed by atoms with Gasteiger partial charge in [0.05, 0.1) is 22.8 Å². The molecule has 1 aliphatic heterocycles. The second kappa shape index (κ2) is 5.16. The Kier molecular flexibility index (Phi) is 3.75. The van der Waals surface area contributed by atoms with Crippen molar-refractivity contribution in [2.45, 2.75) is 12.5 Å². The normalized spacial score (nSPS) is 21.1. The first-order valence-corrected chi connectivity index (χ1v) is 7.72. The lowest BCUT2D eigenvalue weighted by atomic mass is 10.1. The number of benzene rings is 1. The van der Waals surface area contributed by atoms with Gasteiger partial charge in [0.15, 0.2) is 9.84 Å². The largest absolute Gasteiger partial charge is 0.385 e. The van der Waals surface area contributed by atoms with E-state index in [0.717, 1.165) is 0 Å². The number of carbonyl (C=O) groups is 1. The summed E-state index contributed by atoms with van der Waals surface area (Å²) in [6.07, 6.45) is 0.401. The van der Waals surface area contributed by atoms with Crippen LogP contribution in [0.5, 0.6) is 0 Å². The zero-order valence-electron chi connectivity index (χ0n) is 10.4. The Labute approximate surface area is 111 Å². The third-order valence-electron chi connectivity index (χ3n) is 3.08. The molecule has 0 radical (unpaired) electrons. The van der Waals surface area contributed by atoms with Crippen LogP contribution in [0.3, 0.4) is 0 Å². The fourth-order valence-electron chi connectivity index (χ4n) is 2.14. The molecule has 1 heterocycles. The summed E-state index contributed by atoms with van der Waals surface area (Å²) in [6.45, 7) is 0. The molecule has 5 nitrogen and oxygen atoms in total. The summed E-state index contributed by atoms with van der Waals surface area (Å²) in [4.78, 5) is 12.0. The fraction of sp³-hybridized carbons (Fsp3) is 0.417. The van der Waals surface area contributed by atoms with Gasteiger partial charge < -0.3 is 10.6 Å². The van der Waals surface area contributed by atoms with Crippen molar-refractivity contribution in [3.8, 4) is 0 Å². The summed E-state index contributed by atoms with van der Waals surface area (Å²) < 4.78 is 36.1. The van der Waals surface area contributed by atoms with Crippen LogP contribution in [0.4, 0.5) is 10.1 Å². The summed E-state index contributed by atoms with van der Waals surface area (Å²) in [5.41, 5.74) is 0.285. The number of carbonyl (C=O) groups excluding carboxylic acids is 1. The van der Waals surface area contributed by atoms with E-state index >= 15 is 0 Å². The molecule has 0 aromatic heterocycles. The zero-order chi connectivity index (χ0) is 14.0. The topological polar surface area (TPSA) is 75.3 Å². The molecule has 19 heavy (non-hydrogen) atoms. The average molecular weight is 286 g/mol. The molecule has 1 fully saturated rings. The highest BCUT2D eigenvalue weighted by atomic mass is 32.2. The van der Waals surface area contributed by atoms with Gasteiger partial charge in [-0.15, -0.1) is 0 Å². The van der Waals surface area contributed by atoms with Crippen molar-refractivity contribution in [1.29, 1.82) is 0 Å². The lowest BCUT2D eigenvalue weighted by Gasteiger charge is -2.13. The van der Waals surface area contributed by atoms with Crippen LogP contribution in [-0.4, -0.2) is 38.9 Å². The van der Waals surface area contributed by atoms with Crippen molar-refractivity contribution in [3.63, 3.8) is 0 Å². The standard InChI is InChI=1S/C12H15FN2O3S/c1-14-11-9(3-2-4-10(11)13)12(16)15-8-5-6-19(17,18)7-8/h2-4,8,14H,5-7H2,1H3,(H,15,16). The molecule has 0 bridgehead atoms. The molecule has 1 aromatic rings. The molecule has 0 saturated carbocycles. The smallest absolute Gasteiger partial charge is 0.253 e. The molecular weight excluding hydrogens is 271 g/mol. The van der Waals surface area contributed by atoms with Gasteiger partial charge in [-0.1, -0.05) is 6.07 Å². The monoisotopic (exact) mass is 286 g/mol. The first kappa shape index (κ1) is 13.8. The van der Waals surface area contributed by atoms with E-state index < -0.39 is 27.6 Å². The molecule has 1 aliphatic rings. The van der Waals surface area contributed by atoms with Crippen molar-refractivity contribution >= 4 is 21.4 Å². The van der Waals surface area contributed by atoms with Crippen LogP contribution in [0.2, 0.25) is 0 Å². The SMILES string of the molecule is CNc1c(F)cccc1C(=O)NC1CCS(=O)(=O)C1. The molecule has 0 spiro atoms. The summed E-state index contributed by atoms with van der Waals surface area (Å²) in [5, 5.41) is 5.26. The minimum Gasteiger partial charge on any atom is -0.385 e. The van der Waals surface area contributed by atoms with Gasteiger partial charge in [-0.2, -0.15) is 0 Å². The molecule has 1 unspecified atom stereocenters. The summed E-state index contributed by atoms with van der Waals surface area (Å²) in [6, 6.07) is 3.79. The molecule has 104 valence electrons. The predicted octanol–water partition coefficient (Wildman–Crippen LogP) is 0.784. The van der Waals surface area contributed by atoms with Gasteiger partial charge in [0.1, 0.15) is 5.82 Å². The minimum absolute atomic E-state index is 0.0526. The summed E-state index contributed by atoms with van der Waals surface area (Å²) >= 11 is 0. The quantitative estimate of drug-likeness (QED) is 0.861. The number of sulfone groups is 1. The van der Waals surface area contributed by atoms with Gasteiger partial charge >= 0.3 is 0 Å². The maximum atomic E-state index is 13.5. The highest BCUT2D eigenvalue weighted by molar-refractivity contribution is 7.91. The van der Waals surface area contributed by atoms with Crippen molar-refractivity contribution in [2.24, 2.45) is 0 Å². The molecule has 2 N–H and O–H groups in total. The highest BCUT2D eigenvalue weighted by Gasteiger charge is 2.29. The number of para-hydroxylation sites is 1. The Hall–Kier alpha value is -1.63. The molecule has 0 aliphatic carbocycles. The maximum Gasteiger partial charge on any atom is 0.253 e. The lowest BCUT2D eigenvalue weighted by Crippen LogP contribution is -2.36. The average Bonchev–Trinajstić information content (AvgIpc) is 2.68. The van der Waals surface area contributed by atoms with E-state index in [1.165, 1.54) is 25.2 Å². The molecule has 1 saturated heterocycles. The number of halogens is 1. The number of anilines is 1. The third kappa shape index (κ3) is 3.04. The fourth-order valence-corrected chi connectivity index (χ4v) is 3.81. The first-order valence-electron chi connectivity index (χ1n) is 5.90. The number of hydrogen-bond acceptors (Lipinski definition) is 4. The van der Waals surface area contributed by atoms with E-state index in [4.69, 9.17) is 0 Å². The second-order valence-corrected chi connectivity index (χ2v) is 6.71. The molecule has 1 amide bonds. The van der Waals surface area contributed by atoms with Crippen LogP contribution in [0.15, 0.2) is 18.2 Å². The van der Waals surface area contributed by atoms with E-state index in [1.54, 1.807) is 0 Å². The van der Waals surface area contributed by atoms with E-state index in [1.807, 2.05) is 0 Å². The van der Waals surface area contributed by atoms with Gasteiger partial charge in [0.2, 0.25) is 0 Å². The van der Waals surface area contributed by atoms with Crippen LogP contribution in [0, 0.1) is 5.82 Å². The molecule has 1 aromatic carbocycles. The van der Waals surface area contributed by atoms with Crippen LogP contribution in [0.1, 0.15) is 16.8 Å². The van der Waals surface area contributed by atoms with E-state index in [0.29, 0.717) is 6.42 Å². The molecule has 7 heteroatoms. The third-order valence-corrected chi connectivity index (χ3v) is 4.84. The van der Waals surface area contributed by atoms with Gasteiger partial charge in [0.25, 0.3) is 5.91 Å². The molecule has 1 atom stereocenters. The van der Waals surface area contributed by atoms with Gasteiger partial charge in [-0.05, 0) is 18.6 Å². The van der Waals surface area contributed by atoms with E-state index in [9.17, 15) is 17.6 Å². The summed E-state index contributed by atoms with van der Waals surface area (Å²) in [7, 11) is -1.53. The Morgan fingerprint density at radius 2 is 2.16 bits per heavy atom. The van der Waals surface area contributed by atoms with Gasteiger partial charge in [-0.3, -0.25) is 4.79 Å². The summed E-state index contributed by atoms with van der Waals surface area (Å²) in [5.74, 6) is -0.955. The van der Waals surface area contributed by atoms with Gasteiger partial charge in [0, 0.05) is 13.1 Å². The van der Waals surface area contributed by atoms with Crippen molar-refractivity contribution < 1.29 is 17.6 Å².